The lowest BCUT2D eigenvalue weighted by molar-refractivity contribution is 0.173. The Kier molecular flexibility index (Phi) is 4.84. The second-order valence-corrected chi connectivity index (χ2v) is 5.89. The van der Waals surface area contributed by atoms with E-state index in [-0.39, 0.29) is 0 Å². The summed E-state index contributed by atoms with van der Waals surface area (Å²) in [5.74, 6) is 0.707. The van der Waals surface area contributed by atoms with Crippen LogP contribution in [-0.2, 0) is 6.42 Å². The molecule has 3 heteroatoms. The molecule has 2 nitrogen and oxygen atoms in total. The van der Waals surface area contributed by atoms with Gasteiger partial charge in [-0.25, -0.2) is 0 Å². The van der Waals surface area contributed by atoms with E-state index in [0.717, 1.165) is 10.0 Å². The Labute approximate surface area is 128 Å². The van der Waals surface area contributed by atoms with Gasteiger partial charge in [0.25, 0.3) is 0 Å². The van der Waals surface area contributed by atoms with Crippen molar-refractivity contribution in [3.63, 3.8) is 0 Å². The summed E-state index contributed by atoms with van der Waals surface area (Å²) in [6, 6.07) is 11.9. The van der Waals surface area contributed by atoms with Crippen LogP contribution in [0.25, 0.3) is 0 Å². The third kappa shape index (κ3) is 3.22. The molecule has 0 aliphatic rings. The Morgan fingerprint density at radius 1 is 1.15 bits per heavy atom. The highest BCUT2D eigenvalue weighted by Gasteiger charge is 2.16. The van der Waals surface area contributed by atoms with Crippen LogP contribution >= 0.6 is 15.9 Å². The number of aryl methyl sites for hydroxylation is 2. The summed E-state index contributed by atoms with van der Waals surface area (Å²) in [5.41, 5.74) is 4.43. The second kappa shape index (κ2) is 6.42. The molecule has 0 aliphatic carbocycles. The number of aliphatic hydroxyl groups excluding tert-OH is 1. The van der Waals surface area contributed by atoms with Crippen LogP contribution < -0.4 is 4.74 Å². The molecule has 0 radical (unpaired) electrons. The van der Waals surface area contributed by atoms with Gasteiger partial charge in [-0.3, -0.25) is 0 Å². The second-order valence-electron chi connectivity index (χ2n) is 4.98. The standard InChI is InChI=1S/C17H19BrO2/c1-11-5-4-6-12(2)15(11)10-16(19)14-8-7-13(18)9-17(14)20-3/h4-9,16,19H,10H2,1-3H3. The first kappa shape index (κ1) is 15.1. The summed E-state index contributed by atoms with van der Waals surface area (Å²) in [7, 11) is 1.62. The van der Waals surface area contributed by atoms with Crippen molar-refractivity contribution in [2.75, 3.05) is 7.11 Å². The molecular weight excluding hydrogens is 316 g/mol. The van der Waals surface area contributed by atoms with Gasteiger partial charge in [0.1, 0.15) is 5.75 Å². The van der Waals surface area contributed by atoms with Gasteiger partial charge >= 0.3 is 0 Å². The zero-order valence-electron chi connectivity index (χ0n) is 12.0. The van der Waals surface area contributed by atoms with Gasteiger partial charge in [0.2, 0.25) is 0 Å². The normalized spacial score (nSPS) is 12.2. The molecule has 0 fully saturated rings. The molecule has 1 unspecified atom stereocenters. The van der Waals surface area contributed by atoms with Crippen molar-refractivity contribution in [1.82, 2.24) is 0 Å². The van der Waals surface area contributed by atoms with Crippen LogP contribution in [0.1, 0.15) is 28.4 Å². The predicted octanol–water partition coefficient (Wildman–Crippen LogP) is 4.35. The largest absolute Gasteiger partial charge is 0.496 e. The van der Waals surface area contributed by atoms with Gasteiger partial charge in [0, 0.05) is 16.5 Å². The summed E-state index contributed by atoms with van der Waals surface area (Å²) in [6.07, 6.45) is 0.0223. The van der Waals surface area contributed by atoms with Gasteiger partial charge in [-0.05, 0) is 42.7 Å². The lowest BCUT2D eigenvalue weighted by Gasteiger charge is -2.17. The van der Waals surface area contributed by atoms with Crippen LogP contribution in [0.2, 0.25) is 0 Å². The maximum absolute atomic E-state index is 10.5. The maximum atomic E-state index is 10.5. The van der Waals surface area contributed by atoms with E-state index in [0.29, 0.717) is 12.2 Å². The minimum absolute atomic E-state index is 0.571. The third-order valence-electron chi connectivity index (χ3n) is 3.60. The fourth-order valence-electron chi connectivity index (χ4n) is 2.43. The molecule has 2 rings (SSSR count). The topological polar surface area (TPSA) is 29.5 Å². The molecule has 0 aromatic heterocycles. The molecule has 0 spiro atoms. The van der Waals surface area contributed by atoms with E-state index in [2.05, 4.69) is 41.9 Å². The Morgan fingerprint density at radius 2 is 1.80 bits per heavy atom. The minimum atomic E-state index is -0.571. The van der Waals surface area contributed by atoms with Crippen molar-refractivity contribution >= 4 is 15.9 Å². The van der Waals surface area contributed by atoms with E-state index in [4.69, 9.17) is 4.74 Å². The van der Waals surface area contributed by atoms with E-state index in [9.17, 15) is 5.11 Å². The summed E-state index contributed by atoms with van der Waals surface area (Å²) >= 11 is 3.41. The lowest BCUT2D eigenvalue weighted by Crippen LogP contribution is -2.06. The molecule has 0 aliphatic heterocycles. The monoisotopic (exact) mass is 334 g/mol. The van der Waals surface area contributed by atoms with E-state index in [1.165, 1.54) is 16.7 Å². The van der Waals surface area contributed by atoms with Gasteiger partial charge in [-0.15, -0.1) is 0 Å². The van der Waals surface area contributed by atoms with Gasteiger partial charge in [0.15, 0.2) is 0 Å². The first-order valence-electron chi connectivity index (χ1n) is 6.59. The number of halogens is 1. The first-order valence-corrected chi connectivity index (χ1v) is 7.39. The highest BCUT2D eigenvalue weighted by molar-refractivity contribution is 9.10. The number of hydrogen-bond acceptors (Lipinski definition) is 2. The van der Waals surface area contributed by atoms with Crippen molar-refractivity contribution < 1.29 is 9.84 Å². The first-order chi connectivity index (χ1) is 9.52. The molecule has 1 N–H and O–H groups in total. The Balaban J connectivity index is 2.31. The zero-order chi connectivity index (χ0) is 14.7. The quantitative estimate of drug-likeness (QED) is 0.900. The van der Waals surface area contributed by atoms with Gasteiger partial charge < -0.3 is 9.84 Å². The molecule has 2 aromatic rings. The summed E-state index contributed by atoms with van der Waals surface area (Å²) in [5, 5.41) is 10.5. The molecule has 106 valence electrons. The highest BCUT2D eigenvalue weighted by atomic mass is 79.9. The van der Waals surface area contributed by atoms with E-state index in [1.807, 2.05) is 24.3 Å². The van der Waals surface area contributed by atoms with Crippen molar-refractivity contribution in [1.29, 1.82) is 0 Å². The van der Waals surface area contributed by atoms with Crippen LogP contribution in [0.15, 0.2) is 40.9 Å². The van der Waals surface area contributed by atoms with Crippen LogP contribution in [-0.4, -0.2) is 12.2 Å². The number of rotatable bonds is 4. The van der Waals surface area contributed by atoms with Gasteiger partial charge in [-0.2, -0.15) is 0 Å². The number of hydrogen-bond donors (Lipinski definition) is 1. The van der Waals surface area contributed by atoms with Crippen LogP contribution in [0, 0.1) is 13.8 Å². The molecule has 1 atom stereocenters. The van der Waals surface area contributed by atoms with E-state index in [1.54, 1.807) is 7.11 Å². The third-order valence-corrected chi connectivity index (χ3v) is 4.09. The summed E-state index contributed by atoms with van der Waals surface area (Å²) in [6.45, 7) is 4.15. The van der Waals surface area contributed by atoms with Crippen LogP contribution in [0.4, 0.5) is 0 Å². The molecule has 0 amide bonds. The molecule has 20 heavy (non-hydrogen) atoms. The smallest absolute Gasteiger partial charge is 0.125 e. The molecule has 0 heterocycles. The van der Waals surface area contributed by atoms with Crippen LogP contribution in [0.3, 0.4) is 0 Å². The molecule has 0 saturated heterocycles. The van der Waals surface area contributed by atoms with Gasteiger partial charge in [0.05, 0.1) is 13.2 Å². The van der Waals surface area contributed by atoms with Crippen LogP contribution in [0.5, 0.6) is 5.75 Å². The Bertz CT molecular complexity index is 588. The number of methoxy groups -OCH3 is 1. The average Bonchev–Trinajstić information content (AvgIpc) is 2.42. The number of benzene rings is 2. The van der Waals surface area contributed by atoms with Crippen molar-refractivity contribution in [3.8, 4) is 5.75 Å². The number of aliphatic hydroxyl groups is 1. The molecular formula is C17H19BrO2. The van der Waals surface area contributed by atoms with Gasteiger partial charge in [-0.1, -0.05) is 40.2 Å². The molecule has 2 aromatic carbocycles. The fraction of sp³-hybridized carbons (Fsp3) is 0.294. The summed E-state index contributed by atoms with van der Waals surface area (Å²) in [4.78, 5) is 0. The molecule has 0 bridgehead atoms. The lowest BCUT2D eigenvalue weighted by atomic mass is 9.94. The molecule has 0 saturated carbocycles. The Morgan fingerprint density at radius 3 is 2.40 bits per heavy atom. The van der Waals surface area contributed by atoms with Crippen molar-refractivity contribution in [3.05, 3.63) is 63.1 Å². The summed E-state index contributed by atoms with van der Waals surface area (Å²) < 4.78 is 6.30. The van der Waals surface area contributed by atoms with E-state index < -0.39 is 6.10 Å². The van der Waals surface area contributed by atoms with Crippen molar-refractivity contribution in [2.45, 2.75) is 26.4 Å². The fourth-order valence-corrected chi connectivity index (χ4v) is 2.77. The number of ether oxygens (including phenoxy) is 1. The highest BCUT2D eigenvalue weighted by Crippen LogP contribution is 2.31. The SMILES string of the molecule is COc1cc(Br)ccc1C(O)Cc1c(C)cccc1C. The Hall–Kier alpha value is -1.32. The zero-order valence-corrected chi connectivity index (χ0v) is 13.6. The maximum Gasteiger partial charge on any atom is 0.125 e. The van der Waals surface area contributed by atoms with E-state index >= 15 is 0 Å². The minimum Gasteiger partial charge on any atom is -0.496 e. The van der Waals surface area contributed by atoms with Crippen molar-refractivity contribution in [2.24, 2.45) is 0 Å². The average molecular weight is 335 g/mol. The predicted molar refractivity (Wildman–Crippen MR) is 85.3 cm³/mol.